The maximum Gasteiger partial charge on any atom is 0.482 e. The van der Waals surface area contributed by atoms with E-state index in [1.807, 2.05) is 6.07 Å². The standard InChI is InChI=1S/C27H35BFN3O5/c1-26(2)18-14-21(26)27(3)22(15-18)36-28(37-27)23(13-17-6-8-19(29)9-7-17)31-25(34)35-20-5-4-12-32(16-20)24(33)10-11-30/h6-9,18,20-23H,4-5,10,12-16H2,1-3H3,(H,31,34)/t18-,20-,21-,22+,23-,27-/m0/s1. The Morgan fingerprint density at radius 3 is 2.76 bits per heavy atom. The van der Waals surface area contributed by atoms with Crippen molar-refractivity contribution in [3.63, 3.8) is 0 Å². The number of nitrogens with one attached hydrogen (secondary N) is 1. The van der Waals surface area contributed by atoms with Gasteiger partial charge in [0.25, 0.3) is 0 Å². The maximum absolute atomic E-state index is 13.5. The second-order valence-electron chi connectivity index (χ2n) is 11.8. The van der Waals surface area contributed by atoms with Gasteiger partial charge in [-0.25, -0.2) is 9.18 Å². The Morgan fingerprint density at radius 1 is 1.30 bits per heavy atom. The van der Waals surface area contributed by atoms with E-state index in [1.54, 1.807) is 17.0 Å². The summed E-state index contributed by atoms with van der Waals surface area (Å²) in [5, 5.41) is 11.8. The monoisotopic (exact) mass is 511 g/mol. The van der Waals surface area contributed by atoms with Gasteiger partial charge < -0.3 is 24.3 Å². The van der Waals surface area contributed by atoms with Crippen molar-refractivity contribution in [1.29, 1.82) is 5.26 Å². The number of hydrogen-bond donors (Lipinski definition) is 1. The van der Waals surface area contributed by atoms with Crippen LogP contribution >= 0.6 is 0 Å². The Hall–Kier alpha value is -2.64. The van der Waals surface area contributed by atoms with E-state index in [4.69, 9.17) is 19.3 Å². The largest absolute Gasteiger partial charge is 0.482 e. The summed E-state index contributed by atoms with van der Waals surface area (Å²) in [4.78, 5) is 26.7. The number of nitriles is 1. The molecule has 5 aliphatic rings. The summed E-state index contributed by atoms with van der Waals surface area (Å²) in [6, 6.07) is 8.06. The third-order valence-electron chi connectivity index (χ3n) is 9.20. The molecule has 3 aliphatic carbocycles. The first-order valence-corrected chi connectivity index (χ1v) is 13.3. The molecular weight excluding hydrogens is 476 g/mol. The predicted octanol–water partition coefficient (Wildman–Crippen LogP) is 3.64. The minimum Gasteiger partial charge on any atom is -0.444 e. The fourth-order valence-electron chi connectivity index (χ4n) is 6.94. The van der Waals surface area contributed by atoms with Gasteiger partial charge in [-0.1, -0.05) is 26.0 Å². The highest BCUT2D eigenvalue weighted by molar-refractivity contribution is 6.47. The van der Waals surface area contributed by atoms with E-state index in [9.17, 15) is 14.0 Å². The number of ether oxygens (including phenoxy) is 1. The first-order valence-electron chi connectivity index (χ1n) is 13.3. The van der Waals surface area contributed by atoms with Gasteiger partial charge in [-0.05, 0) is 74.0 Å². The minimum atomic E-state index is -0.664. The molecule has 0 aromatic heterocycles. The van der Waals surface area contributed by atoms with E-state index < -0.39 is 30.9 Å². The van der Waals surface area contributed by atoms with E-state index in [0.29, 0.717) is 37.6 Å². The van der Waals surface area contributed by atoms with Crippen LogP contribution in [0.1, 0.15) is 58.4 Å². The molecule has 1 N–H and O–H groups in total. The predicted molar refractivity (Wildman–Crippen MR) is 133 cm³/mol. The van der Waals surface area contributed by atoms with Crippen LogP contribution in [0.2, 0.25) is 0 Å². The van der Waals surface area contributed by atoms with Crippen LogP contribution in [0.4, 0.5) is 9.18 Å². The number of carbonyl (C=O) groups excluding carboxylic acids is 2. The number of likely N-dealkylation sites (tertiary alicyclic amines) is 1. The molecule has 5 fully saturated rings. The summed E-state index contributed by atoms with van der Waals surface area (Å²) < 4.78 is 32.3. The highest BCUT2D eigenvalue weighted by Gasteiger charge is 2.68. The van der Waals surface area contributed by atoms with Crippen molar-refractivity contribution in [3.05, 3.63) is 35.6 Å². The molecule has 3 saturated carbocycles. The van der Waals surface area contributed by atoms with Crippen LogP contribution in [-0.4, -0.2) is 60.9 Å². The average Bonchev–Trinajstić information content (AvgIpc) is 3.22. The number of piperidine rings is 1. The lowest BCUT2D eigenvalue weighted by molar-refractivity contribution is -0.199. The number of nitrogens with zero attached hydrogens (tertiary/aromatic N) is 2. The Kier molecular flexibility index (Phi) is 6.97. The van der Waals surface area contributed by atoms with Gasteiger partial charge in [0.2, 0.25) is 5.91 Å². The average molecular weight is 511 g/mol. The molecule has 2 saturated heterocycles. The van der Waals surface area contributed by atoms with Gasteiger partial charge in [-0.15, -0.1) is 0 Å². The maximum atomic E-state index is 13.5. The van der Waals surface area contributed by atoms with Crippen molar-refractivity contribution in [2.24, 2.45) is 17.3 Å². The second-order valence-corrected chi connectivity index (χ2v) is 11.8. The smallest absolute Gasteiger partial charge is 0.444 e. The van der Waals surface area contributed by atoms with Gasteiger partial charge in [0.1, 0.15) is 18.3 Å². The summed E-state index contributed by atoms with van der Waals surface area (Å²) in [5.41, 5.74) is 0.605. The number of benzene rings is 1. The number of halogens is 1. The number of alkyl carbamates (subject to hydrolysis) is 1. The first-order chi connectivity index (χ1) is 17.6. The number of carbonyl (C=O) groups is 2. The highest BCUT2D eigenvalue weighted by atomic mass is 19.1. The zero-order chi connectivity index (χ0) is 26.4. The van der Waals surface area contributed by atoms with Crippen LogP contribution in [-0.2, 0) is 25.3 Å². The lowest BCUT2D eigenvalue weighted by Gasteiger charge is -2.64. The van der Waals surface area contributed by atoms with Crippen molar-refractivity contribution in [2.45, 2.75) is 83.0 Å². The summed E-state index contributed by atoms with van der Waals surface area (Å²) in [5.74, 6) is -0.138. The minimum absolute atomic E-state index is 0.0409. The van der Waals surface area contributed by atoms with Gasteiger partial charge in [-0.3, -0.25) is 4.79 Å². The van der Waals surface area contributed by atoms with Crippen LogP contribution in [0.5, 0.6) is 0 Å². The van der Waals surface area contributed by atoms with E-state index in [2.05, 4.69) is 26.1 Å². The SMILES string of the molecule is CC1(C)[C@@H]2C[C@H]3OB([C@H](Cc4ccc(F)cc4)NC(=O)O[C@H]4CCCN(C(=O)CC#N)C4)O[C@@]3(C)[C@H]1C2. The molecule has 10 heteroatoms. The third kappa shape index (κ3) is 4.96. The lowest BCUT2D eigenvalue weighted by atomic mass is 9.43. The van der Waals surface area contributed by atoms with Crippen LogP contribution in [0.3, 0.4) is 0 Å². The number of rotatable bonds is 6. The van der Waals surface area contributed by atoms with E-state index >= 15 is 0 Å². The van der Waals surface area contributed by atoms with Crippen molar-refractivity contribution < 1.29 is 28.0 Å². The molecule has 0 spiro atoms. The molecule has 2 heterocycles. The zero-order valence-electron chi connectivity index (χ0n) is 21.7. The highest BCUT2D eigenvalue weighted by Crippen LogP contribution is 2.65. The van der Waals surface area contributed by atoms with Gasteiger partial charge in [0, 0.05) is 6.54 Å². The number of amides is 2. The molecule has 2 bridgehead atoms. The van der Waals surface area contributed by atoms with Crippen LogP contribution < -0.4 is 5.32 Å². The Bertz CT molecular complexity index is 1080. The van der Waals surface area contributed by atoms with Crippen molar-refractivity contribution in [2.75, 3.05) is 13.1 Å². The molecule has 8 nitrogen and oxygen atoms in total. The molecule has 1 aromatic rings. The fourth-order valence-corrected chi connectivity index (χ4v) is 6.94. The molecule has 37 heavy (non-hydrogen) atoms. The molecular formula is C27H35BFN3O5. The summed E-state index contributed by atoms with van der Waals surface area (Å²) >= 11 is 0. The van der Waals surface area contributed by atoms with E-state index in [-0.39, 0.29) is 36.2 Å². The zero-order valence-corrected chi connectivity index (χ0v) is 21.7. The molecule has 6 rings (SSSR count). The van der Waals surface area contributed by atoms with Gasteiger partial charge in [0.05, 0.1) is 30.3 Å². The third-order valence-corrected chi connectivity index (χ3v) is 9.20. The Labute approximate surface area is 217 Å². The summed E-state index contributed by atoms with van der Waals surface area (Å²) in [6.07, 6.45) is 2.48. The van der Waals surface area contributed by atoms with E-state index in [0.717, 1.165) is 18.4 Å². The van der Waals surface area contributed by atoms with Gasteiger partial charge in [0.15, 0.2) is 0 Å². The molecule has 198 valence electrons. The molecule has 0 unspecified atom stereocenters. The van der Waals surface area contributed by atoms with Crippen molar-refractivity contribution in [1.82, 2.24) is 10.2 Å². The number of hydrogen-bond acceptors (Lipinski definition) is 6. The summed E-state index contributed by atoms with van der Waals surface area (Å²) in [7, 11) is -0.664. The van der Waals surface area contributed by atoms with Crippen molar-refractivity contribution in [3.8, 4) is 6.07 Å². The first kappa shape index (κ1) is 26.0. The van der Waals surface area contributed by atoms with Crippen LogP contribution in [0, 0.1) is 34.4 Å². The Morgan fingerprint density at radius 2 is 2.05 bits per heavy atom. The van der Waals surface area contributed by atoms with Gasteiger partial charge in [-0.2, -0.15) is 5.26 Å². The quantitative estimate of drug-likeness (QED) is 0.586. The molecule has 2 amide bonds. The second kappa shape index (κ2) is 9.92. The summed E-state index contributed by atoms with van der Waals surface area (Å²) in [6.45, 7) is 7.54. The molecule has 2 aliphatic heterocycles. The molecule has 6 atom stereocenters. The topological polar surface area (TPSA) is 101 Å². The molecule has 0 radical (unpaired) electrons. The normalized spacial score (nSPS) is 32.5. The van der Waals surface area contributed by atoms with Crippen LogP contribution in [0.15, 0.2) is 24.3 Å². The fraction of sp³-hybridized carbons (Fsp3) is 0.667. The molecule has 1 aromatic carbocycles. The van der Waals surface area contributed by atoms with E-state index in [1.165, 1.54) is 12.1 Å². The van der Waals surface area contributed by atoms with Crippen LogP contribution in [0.25, 0.3) is 0 Å². The van der Waals surface area contributed by atoms with Crippen molar-refractivity contribution >= 4 is 19.1 Å². The lowest BCUT2D eigenvalue weighted by Crippen LogP contribution is -2.65. The van der Waals surface area contributed by atoms with Gasteiger partial charge >= 0.3 is 13.2 Å². The Balaban J connectivity index is 1.28.